The Morgan fingerprint density at radius 1 is 0.906 bits per heavy atom. The number of nitrogens with one attached hydrogen (secondary N) is 1. The van der Waals surface area contributed by atoms with E-state index in [1.54, 1.807) is 4.57 Å². The van der Waals surface area contributed by atoms with Crippen LogP contribution in [0.4, 0.5) is 4.79 Å². The van der Waals surface area contributed by atoms with Gasteiger partial charge in [0.1, 0.15) is 31.3 Å². The van der Waals surface area contributed by atoms with Crippen molar-refractivity contribution in [2.24, 2.45) is 0 Å². The summed E-state index contributed by atoms with van der Waals surface area (Å²) in [5.74, 6) is -0.715. The molecule has 1 saturated heterocycles. The van der Waals surface area contributed by atoms with E-state index >= 15 is 0 Å². The highest BCUT2D eigenvalue weighted by Crippen LogP contribution is 2.45. The summed E-state index contributed by atoms with van der Waals surface area (Å²) in [6.07, 6.45) is 9.96. The molecule has 1 aliphatic carbocycles. The van der Waals surface area contributed by atoms with Crippen LogP contribution in [-0.2, 0) is 25.5 Å². The number of alkyl carbamates (subject to hydrolysis) is 1. The van der Waals surface area contributed by atoms with Crippen LogP contribution < -0.4 is 10.9 Å². The van der Waals surface area contributed by atoms with E-state index in [4.69, 9.17) is 14.2 Å². The number of aliphatic hydroxyl groups is 1. The Labute approximate surface area is 308 Å². The Balaban J connectivity index is 1.01. The van der Waals surface area contributed by atoms with Crippen molar-refractivity contribution >= 4 is 23.2 Å². The molecule has 0 bridgehead atoms. The zero-order valence-electron chi connectivity index (χ0n) is 30.7. The lowest BCUT2D eigenvalue weighted by molar-refractivity contribution is -0.151. The molecule has 0 saturated carbocycles. The molecule has 1 aliphatic heterocycles. The van der Waals surface area contributed by atoms with E-state index in [2.05, 4.69) is 55.1 Å². The summed E-state index contributed by atoms with van der Waals surface area (Å²) in [7, 11) is 0. The SMILES string of the molecule is CC(C)=CCC/C(C)=C/CC/C(C)=C/Cn1cnc2c(ncn2[C@H]2C[C@@H](OC(=O)CNC(=O)OC3c4ccccc4-c4ccccc43)[C@@H](CO)O2)c1=O. The topological polar surface area (TPSA) is 147 Å². The molecule has 2 aliphatic rings. The van der Waals surface area contributed by atoms with E-state index in [1.807, 2.05) is 54.6 Å². The fraction of sp³-hybridized carbons (Fsp3) is 0.390. The molecule has 278 valence electrons. The summed E-state index contributed by atoms with van der Waals surface area (Å²) < 4.78 is 20.5. The number of carbonyl (C=O) groups is 2. The number of fused-ring (bicyclic) bond motifs is 4. The molecule has 4 aromatic rings. The van der Waals surface area contributed by atoms with Crippen molar-refractivity contribution in [3.05, 3.63) is 118 Å². The van der Waals surface area contributed by atoms with Crippen LogP contribution in [0.2, 0.25) is 0 Å². The van der Waals surface area contributed by atoms with Crippen molar-refractivity contribution in [2.75, 3.05) is 13.2 Å². The third kappa shape index (κ3) is 8.83. The van der Waals surface area contributed by atoms with Gasteiger partial charge in [0.25, 0.3) is 5.56 Å². The van der Waals surface area contributed by atoms with E-state index in [-0.39, 0.29) is 17.5 Å². The number of benzene rings is 2. The molecule has 0 radical (unpaired) electrons. The van der Waals surface area contributed by atoms with Gasteiger partial charge in [-0.3, -0.25) is 18.7 Å². The Morgan fingerprint density at radius 2 is 1.57 bits per heavy atom. The van der Waals surface area contributed by atoms with Gasteiger partial charge in [-0.05, 0) is 64.5 Å². The number of ether oxygens (including phenoxy) is 3. The van der Waals surface area contributed by atoms with Gasteiger partial charge in [-0.1, -0.05) is 83.5 Å². The van der Waals surface area contributed by atoms with Crippen molar-refractivity contribution in [1.29, 1.82) is 0 Å². The maximum Gasteiger partial charge on any atom is 0.408 e. The summed E-state index contributed by atoms with van der Waals surface area (Å²) in [4.78, 5) is 47.8. The number of esters is 1. The number of aromatic nitrogens is 4. The highest BCUT2D eigenvalue weighted by atomic mass is 16.6. The summed E-state index contributed by atoms with van der Waals surface area (Å²) in [5.41, 5.74) is 7.87. The fourth-order valence-corrected chi connectivity index (χ4v) is 6.78. The van der Waals surface area contributed by atoms with E-state index in [0.717, 1.165) is 47.9 Å². The zero-order chi connectivity index (χ0) is 37.5. The van der Waals surface area contributed by atoms with E-state index in [9.17, 15) is 19.5 Å². The minimum atomic E-state index is -0.829. The number of hydrogen-bond acceptors (Lipinski definition) is 9. The highest BCUT2D eigenvalue weighted by Gasteiger charge is 2.39. The van der Waals surface area contributed by atoms with Gasteiger partial charge < -0.3 is 24.6 Å². The van der Waals surface area contributed by atoms with Gasteiger partial charge >= 0.3 is 12.1 Å². The monoisotopic (exact) mass is 721 g/mol. The number of nitrogens with zero attached hydrogens (tertiary/aromatic N) is 4. The first-order valence-electron chi connectivity index (χ1n) is 18.1. The maximum atomic E-state index is 13.3. The molecule has 3 heterocycles. The van der Waals surface area contributed by atoms with E-state index in [0.29, 0.717) is 12.2 Å². The molecule has 0 unspecified atom stereocenters. The third-order valence-electron chi connectivity index (χ3n) is 9.64. The van der Waals surface area contributed by atoms with Crippen molar-refractivity contribution in [3.63, 3.8) is 0 Å². The summed E-state index contributed by atoms with van der Waals surface area (Å²) in [6.45, 7) is 7.98. The minimum absolute atomic E-state index is 0.179. The van der Waals surface area contributed by atoms with Gasteiger partial charge in [-0.15, -0.1) is 0 Å². The van der Waals surface area contributed by atoms with Crippen molar-refractivity contribution in [3.8, 4) is 11.1 Å². The lowest BCUT2D eigenvalue weighted by Gasteiger charge is -2.18. The van der Waals surface area contributed by atoms with Crippen LogP contribution in [0.5, 0.6) is 0 Å². The zero-order valence-corrected chi connectivity index (χ0v) is 30.7. The second kappa shape index (κ2) is 17.0. The maximum absolute atomic E-state index is 13.3. The van der Waals surface area contributed by atoms with Crippen molar-refractivity contribution in [1.82, 2.24) is 24.4 Å². The predicted molar refractivity (Wildman–Crippen MR) is 201 cm³/mol. The molecule has 2 aromatic carbocycles. The number of amides is 1. The van der Waals surface area contributed by atoms with Crippen LogP contribution in [-0.4, -0.2) is 61.6 Å². The lowest BCUT2D eigenvalue weighted by Crippen LogP contribution is -2.36. The molecule has 1 fully saturated rings. The number of rotatable bonds is 14. The summed E-state index contributed by atoms with van der Waals surface area (Å²) >= 11 is 0. The molecule has 12 nitrogen and oxygen atoms in total. The van der Waals surface area contributed by atoms with Crippen LogP contribution in [0.25, 0.3) is 22.3 Å². The molecular weight excluding hydrogens is 674 g/mol. The summed E-state index contributed by atoms with van der Waals surface area (Å²) in [6, 6.07) is 15.4. The van der Waals surface area contributed by atoms with Gasteiger partial charge in [0.2, 0.25) is 0 Å². The smallest absolute Gasteiger partial charge is 0.408 e. The molecule has 2 N–H and O–H groups in total. The molecular formula is C41H47N5O7. The second-order valence-corrected chi connectivity index (χ2v) is 13.9. The number of aliphatic hydroxyl groups excluding tert-OH is 1. The normalized spacial score (nSPS) is 18.5. The fourth-order valence-electron chi connectivity index (χ4n) is 6.78. The van der Waals surface area contributed by atoms with E-state index in [1.165, 1.54) is 33.9 Å². The first kappa shape index (κ1) is 37.4. The molecule has 6 rings (SSSR count). The Kier molecular flexibility index (Phi) is 12.0. The van der Waals surface area contributed by atoms with Gasteiger partial charge in [0.05, 0.1) is 12.9 Å². The highest BCUT2D eigenvalue weighted by molar-refractivity contribution is 5.81. The van der Waals surface area contributed by atoms with Gasteiger partial charge in [0.15, 0.2) is 17.3 Å². The molecule has 2 aromatic heterocycles. The lowest BCUT2D eigenvalue weighted by atomic mass is 10.1. The largest absolute Gasteiger partial charge is 0.458 e. The Morgan fingerprint density at radius 3 is 2.25 bits per heavy atom. The van der Waals surface area contributed by atoms with Crippen LogP contribution in [0.1, 0.15) is 83.3 Å². The molecule has 53 heavy (non-hydrogen) atoms. The van der Waals surface area contributed by atoms with Gasteiger partial charge in [-0.2, -0.15) is 0 Å². The Hall–Kier alpha value is -5.33. The van der Waals surface area contributed by atoms with E-state index < -0.39 is 49.8 Å². The van der Waals surface area contributed by atoms with Gasteiger partial charge in [0, 0.05) is 24.1 Å². The Bertz CT molecular complexity index is 2060. The first-order valence-corrected chi connectivity index (χ1v) is 18.1. The molecule has 3 atom stereocenters. The predicted octanol–water partition coefficient (Wildman–Crippen LogP) is 6.70. The van der Waals surface area contributed by atoms with Crippen molar-refractivity contribution < 1.29 is 28.9 Å². The third-order valence-corrected chi connectivity index (χ3v) is 9.64. The molecule has 0 spiro atoms. The quantitative estimate of drug-likeness (QED) is 0.107. The number of allylic oxidation sites excluding steroid dienone is 6. The van der Waals surface area contributed by atoms with Crippen molar-refractivity contribution in [2.45, 2.75) is 90.9 Å². The van der Waals surface area contributed by atoms with Crippen LogP contribution in [0.15, 0.2) is 101 Å². The minimum Gasteiger partial charge on any atom is -0.458 e. The number of carbonyl (C=O) groups excluding carboxylic acids is 2. The number of imidazole rings is 1. The van der Waals surface area contributed by atoms with Crippen LogP contribution in [0.3, 0.4) is 0 Å². The first-order chi connectivity index (χ1) is 25.6. The standard InChI is InChI=1S/C41H47N5O7/c1-26(2)11-9-12-27(3)13-10-14-28(4)19-20-45-24-44-39-37(40(45)49)43-25-46(39)35-21-33(34(23-47)51-35)52-36(48)22-42-41(50)53-38-31-17-7-5-15-29(31)30-16-6-8-18-32(30)38/h5-8,11,13,15-19,24-25,33-35,38,47H,9-10,12,14,20-23H2,1-4H3,(H,42,50)/b27-13+,28-19+/t33-,34-,35-/m1/s1. The molecule has 12 heteroatoms. The summed E-state index contributed by atoms with van der Waals surface area (Å²) in [5, 5.41) is 12.5. The second-order valence-electron chi connectivity index (χ2n) is 13.9. The van der Waals surface area contributed by atoms with Crippen LogP contribution in [0, 0.1) is 0 Å². The van der Waals surface area contributed by atoms with Crippen LogP contribution >= 0.6 is 0 Å². The molecule has 1 amide bonds. The number of hydrogen-bond donors (Lipinski definition) is 2. The average molecular weight is 722 g/mol. The average Bonchev–Trinajstić information content (AvgIpc) is 3.85. The van der Waals surface area contributed by atoms with Gasteiger partial charge in [-0.25, -0.2) is 14.8 Å².